The molecule has 11 nitrogen and oxygen atoms in total. The van der Waals surface area contributed by atoms with Gasteiger partial charge >= 0.3 is 7.60 Å². The van der Waals surface area contributed by atoms with Crippen LogP contribution in [0.15, 0.2) is 12.3 Å². The second-order valence-corrected chi connectivity index (χ2v) is 7.69. The standard InChI is InChI=1S/C13H18ClN4O7P/c1-15-10-6-2-3-18(11(6)17-13(14)16-10)12-9(20)8(19)7(25-12)4-24-5-26(21,22)23/h2-3,7-9,12,19-20H,4-5H2,1H3,(H,15,16,17)(H2,21,22,23)/t7-,8-,9-,12-/m1/s1. The summed E-state index contributed by atoms with van der Waals surface area (Å²) in [6.07, 6.45) is -3.77. The van der Waals surface area contributed by atoms with Crippen LogP contribution in [0.1, 0.15) is 6.23 Å². The summed E-state index contributed by atoms with van der Waals surface area (Å²) in [4.78, 5) is 25.8. The monoisotopic (exact) mass is 408 g/mol. The first-order valence-corrected chi connectivity index (χ1v) is 9.74. The summed E-state index contributed by atoms with van der Waals surface area (Å²) in [7, 11) is -2.66. The number of fused-ring (bicyclic) bond motifs is 1. The molecule has 144 valence electrons. The van der Waals surface area contributed by atoms with Crippen molar-refractivity contribution >= 4 is 36.0 Å². The number of hydrogen-bond donors (Lipinski definition) is 5. The molecular formula is C13H18ClN4O7P. The Kier molecular flexibility index (Phi) is 5.52. The van der Waals surface area contributed by atoms with Crippen LogP contribution in [0.5, 0.6) is 0 Å². The van der Waals surface area contributed by atoms with Gasteiger partial charge in [0.2, 0.25) is 5.28 Å². The Balaban J connectivity index is 1.82. The van der Waals surface area contributed by atoms with Crippen molar-refractivity contribution in [2.75, 3.05) is 25.3 Å². The maximum absolute atomic E-state index is 10.8. The number of halogens is 1. The van der Waals surface area contributed by atoms with Gasteiger partial charge < -0.3 is 39.4 Å². The van der Waals surface area contributed by atoms with Gasteiger partial charge in [0.15, 0.2) is 6.23 Å². The van der Waals surface area contributed by atoms with E-state index in [1.54, 1.807) is 19.3 Å². The lowest BCUT2D eigenvalue weighted by molar-refractivity contribution is -0.0610. The zero-order chi connectivity index (χ0) is 19.1. The van der Waals surface area contributed by atoms with E-state index in [9.17, 15) is 14.8 Å². The van der Waals surface area contributed by atoms with Gasteiger partial charge in [-0.05, 0) is 17.7 Å². The second kappa shape index (κ2) is 7.37. The van der Waals surface area contributed by atoms with Gasteiger partial charge in [0.05, 0.1) is 12.0 Å². The Labute approximate surface area is 152 Å². The van der Waals surface area contributed by atoms with E-state index in [0.29, 0.717) is 16.9 Å². The number of nitrogens with zero attached hydrogens (tertiary/aromatic N) is 3. The number of aromatic nitrogens is 3. The number of rotatable bonds is 6. The normalized spacial score (nSPS) is 26.5. The first-order chi connectivity index (χ1) is 12.2. The van der Waals surface area contributed by atoms with E-state index in [2.05, 4.69) is 15.3 Å². The number of aliphatic hydroxyl groups excluding tert-OH is 2. The summed E-state index contributed by atoms with van der Waals surface area (Å²) in [5, 5.41) is 24.0. The maximum atomic E-state index is 10.8. The van der Waals surface area contributed by atoms with Gasteiger partial charge in [0.25, 0.3) is 0 Å². The molecule has 2 aromatic heterocycles. The molecule has 0 radical (unpaired) electrons. The quantitative estimate of drug-likeness (QED) is 0.322. The van der Waals surface area contributed by atoms with Gasteiger partial charge in [-0.15, -0.1) is 0 Å². The van der Waals surface area contributed by atoms with E-state index >= 15 is 0 Å². The molecule has 13 heteroatoms. The average Bonchev–Trinajstić information content (AvgIpc) is 3.09. The predicted molar refractivity (Wildman–Crippen MR) is 90.9 cm³/mol. The number of anilines is 1. The van der Waals surface area contributed by atoms with Crippen LogP contribution in [0.25, 0.3) is 11.0 Å². The summed E-state index contributed by atoms with van der Waals surface area (Å²) < 4.78 is 22.8. The highest BCUT2D eigenvalue weighted by molar-refractivity contribution is 7.51. The molecule has 0 unspecified atom stereocenters. The Morgan fingerprint density at radius 1 is 1.38 bits per heavy atom. The fourth-order valence-electron chi connectivity index (χ4n) is 2.79. The third-order valence-electron chi connectivity index (χ3n) is 3.93. The Hall–Kier alpha value is -1.30. The fourth-order valence-corrected chi connectivity index (χ4v) is 3.29. The van der Waals surface area contributed by atoms with Gasteiger partial charge in [-0.3, -0.25) is 4.57 Å². The molecule has 5 N–H and O–H groups in total. The highest BCUT2D eigenvalue weighted by Gasteiger charge is 2.44. The van der Waals surface area contributed by atoms with Gasteiger partial charge in [-0.2, -0.15) is 4.98 Å². The van der Waals surface area contributed by atoms with Crippen molar-refractivity contribution < 1.29 is 34.0 Å². The molecule has 0 amide bonds. The molecular weight excluding hydrogens is 391 g/mol. The summed E-state index contributed by atoms with van der Waals surface area (Å²) in [6, 6.07) is 1.71. The average molecular weight is 409 g/mol. The lowest BCUT2D eigenvalue weighted by Crippen LogP contribution is -2.33. The zero-order valence-corrected chi connectivity index (χ0v) is 15.2. The Morgan fingerprint density at radius 2 is 2.12 bits per heavy atom. The Bertz CT molecular complexity index is 843. The van der Waals surface area contributed by atoms with Crippen molar-refractivity contribution in [3.63, 3.8) is 0 Å². The highest BCUT2D eigenvalue weighted by atomic mass is 35.5. The molecule has 3 heterocycles. The van der Waals surface area contributed by atoms with Crippen LogP contribution in [-0.4, -0.2) is 72.8 Å². The maximum Gasteiger partial charge on any atom is 0.350 e. The third-order valence-corrected chi connectivity index (χ3v) is 4.62. The fraction of sp³-hybridized carbons (Fsp3) is 0.538. The minimum Gasteiger partial charge on any atom is -0.387 e. The largest absolute Gasteiger partial charge is 0.387 e. The van der Waals surface area contributed by atoms with Crippen LogP contribution in [0, 0.1) is 0 Å². The summed E-state index contributed by atoms with van der Waals surface area (Å²) in [5.74, 6) is 0.494. The van der Waals surface area contributed by atoms with Gasteiger partial charge in [0, 0.05) is 13.2 Å². The first kappa shape index (κ1) is 19.5. The first-order valence-electron chi connectivity index (χ1n) is 7.57. The molecule has 0 spiro atoms. The van der Waals surface area contributed by atoms with Crippen molar-refractivity contribution in [1.82, 2.24) is 14.5 Å². The summed E-state index contributed by atoms with van der Waals surface area (Å²) in [6.45, 7) is -0.295. The lowest BCUT2D eigenvalue weighted by atomic mass is 10.1. The van der Waals surface area contributed by atoms with Gasteiger partial charge in [0.1, 0.15) is 36.1 Å². The minimum atomic E-state index is -4.33. The predicted octanol–water partition coefficient (Wildman–Crippen LogP) is -0.103. The molecule has 1 aliphatic heterocycles. The van der Waals surface area contributed by atoms with Crippen molar-refractivity contribution in [3.05, 3.63) is 17.5 Å². The molecule has 0 aromatic carbocycles. The van der Waals surface area contributed by atoms with Crippen LogP contribution in [0.4, 0.5) is 5.82 Å². The Morgan fingerprint density at radius 3 is 2.77 bits per heavy atom. The smallest absolute Gasteiger partial charge is 0.350 e. The van der Waals surface area contributed by atoms with E-state index in [-0.39, 0.29) is 11.9 Å². The number of ether oxygens (including phenoxy) is 2. The van der Waals surface area contributed by atoms with Crippen molar-refractivity contribution in [3.8, 4) is 0 Å². The molecule has 0 bridgehead atoms. The lowest BCUT2D eigenvalue weighted by Gasteiger charge is -2.17. The van der Waals surface area contributed by atoms with Crippen molar-refractivity contribution in [1.29, 1.82) is 0 Å². The molecule has 0 saturated carbocycles. The molecule has 1 aliphatic rings. The summed E-state index contributed by atoms with van der Waals surface area (Å²) in [5.41, 5.74) is 0.391. The van der Waals surface area contributed by atoms with Crippen LogP contribution in [0.2, 0.25) is 5.28 Å². The molecule has 26 heavy (non-hydrogen) atoms. The SMILES string of the molecule is CNc1nc(Cl)nc2c1ccn2[C@@H]1O[C@H](COCP(=O)(O)O)[C@@H](O)[C@H]1O. The number of nitrogens with one attached hydrogen (secondary N) is 1. The van der Waals surface area contributed by atoms with E-state index in [1.807, 2.05) is 0 Å². The van der Waals surface area contributed by atoms with Crippen LogP contribution >= 0.6 is 19.2 Å². The second-order valence-electron chi connectivity index (χ2n) is 5.76. The number of hydrogen-bond acceptors (Lipinski definition) is 8. The van der Waals surface area contributed by atoms with Crippen molar-refractivity contribution in [2.45, 2.75) is 24.5 Å². The minimum absolute atomic E-state index is 0.00337. The highest BCUT2D eigenvalue weighted by Crippen LogP contribution is 2.36. The van der Waals surface area contributed by atoms with Crippen molar-refractivity contribution in [2.24, 2.45) is 0 Å². The molecule has 1 saturated heterocycles. The van der Waals surface area contributed by atoms with Crippen LogP contribution in [-0.2, 0) is 14.0 Å². The van der Waals surface area contributed by atoms with E-state index < -0.39 is 38.5 Å². The van der Waals surface area contributed by atoms with E-state index in [4.69, 9.17) is 30.9 Å². The van der Waals surface area contributed by atoms with E-state index in [1.165, 1.54) is 4.57 Å². The third kappa shape index (κ3) is 3.85. The topological polar surface area (TPSA) is 159 Å². The van der Waals surface area contributed by atoms with Crippen LogP contribution < -0.4 is 5.32 Å². The van der Waals surface area contributed by atoms with Gasteiger partial charge in [-0.25, -0.2) is 4.98 Å². The number of aliphatic hydroxyl groups is 2. The molecule has 1 fully saturated rings. The van der Waals surface area contributed by atoms with Crippen LogP contribution in [0.3, 0.4) is 0 Å². The molecule has 4 atom stereocenters. The molecule has 2 aromatic rings. The molecule has 0 aliphatic carbocycles. The molecule has 3 rings (SSSR count). The van der Waals surface area contributed by atoms with E-state index in [0.717, 1.165) is 0 Å². The zero-order valence-electron chi connectivity index (χ0n) is 13.6. The summed E-state index contributed by atoms with van der Waals surface area (Å²) >= 11 is 5.92. The van der Waals surface area contributed by atoms with Gasteiger partial charge in [-0.1, -0.05) is 0 Å².